The molecule has 0 spiro atoms. The van der Waals surface area contributed by atoms with Crippen LogP contribution in [0.3, 0.4) is 0 Å². The van der Waals surface area contributed by atoms with E-state index in [0.29, 0.717) is 0 Å². The fourth-order valence-electron chi connectivity index (χ4n) is 0.847. The normalized spacial score (nSPS) is 31.7. The fraction of sp³-hybridized carbons (Fsp3) is 0.100. The third-order valence-corrected chi connectivity index (χ3v) is 1.54. The first-order chi connectivity index (χ1) is 5.34. The van der Waals surface area contributed by atoms with Crippen molar-refractivity contribution in [3.63, 3.8) is 0 Å². The van der Waals surface area contributed by atoms with Crippen LogP contribution in [0.2, 0.25) is 0 Å². The quantitative estimate of drug-likeness (QED) is 0.518. The van der Waals surface area contributed by atoms with Gasteiger partial charge in [-0.05, 0) is 12.5 Å². The minimum absolute atomic E-state index is 0.741. The molecule has 0 aromatic rings. The first-order valence-corrected chi connectivity index (χ1v) is 3.52. The smallest absolute Gasteiger partial charge is 0.150 e. The summed E-state index contributed by atoms with van der Waals surface area (Å²) in [6, 6.07) is 0. The third kappa shape index (κ3) is 2.04. The van der Waals surface area contributed by atoms with Gasteiger partial charge in [0.2, 0.25) is 0 Å². The van der Waals surface area contributed by atoms with Crippen molar-refractivity contribution >= 4 is 6.29 Å². The molecule has 0 amide bonds. The minimum Gasteiger partial charge on any atom is -0.298 e. The molecular weight excluding hydrogens is 136 g/mol. The van der Waals surface area contributed by atoms with Gasteiger partial charge >= 0.3 is 0 Å². The topological polar surface area (TPSA) is 17.1 Å². The van der Waals surface area contributed by atoms with Crippen LogP contribution < -0.4 is 0 Å². The van der Waals surface area contributed by atoms with Crippen molar-refractivity contribution in [2.24, 2.45) is 0 Å². The van der Waals surface area contributed by atoms with Crippen molar-refractivity contribution < 1.29 is 4.79 Å². The second-order valence-electron chi connectivity index (χ2n) is 2.36. The van der Waals surface area contributed by atoms with Gasteiger partial charge in [-0.15, -0.1) is 0 Å². The van der Waals surface area contributed by atoms with Crippen LogP contribution in [-0.2, 0) is 4.79 Å². The molecule has 0 saturated heterocycles. The third-order valence-electron chi connectivity index (χ3n) is 1.54. The van der Waals surface area contributed by atoms with Gasteiger partial charge in [0, 0.05) is 5.57 Å². The second kappa shape index (κ2) is 3.71. The average molecular weight is 146 g/mol. The zero-order valence-electron chi connectivity index (χ0n) is 6.45. The van der Waals surface area contributed by atoms with E-state index < -0.39 is 0 Å². The predicted octanol–water partition coefficient (Wildman–Crippen LogP) is 2.18. The maximum Gasteiger partial charge on any atom is 0.150 e. The molecule has 0 unspecified atom stereocenters. The highest BCUT2D eigenvalue weighted by molar-refractivity contribution is 5.79. The van der Waals surface area contributed by atoms with E-state index in [1.165, 1.54) is 0 Å². The molecule has 1 heteroatoms. The Morgan fingerprint density at radius 1 is 1.09 bits per heavy atom. The lowest BCUT2D eigenvalue weighted by atomic mass is 10.1. The molecule has 0 saturated carbocycles. The highest BCUT2D eigenvalue weighted by Crippen LogP contribution is 2.06. The van der Waals surface area contributed by atoms with E-state index in [-0.39, 0.29) is 0 Å². The number of carbonyl (C=O) groups excluding carboxylic acids is 1. The summed E-state index contributed by atoms with van der Waals surface area (Å²) < 4.78 is 0. The van der Waals surface area contributed by atoms with E-state index in [1.807, 2.05) is 43.4 Å². The summed E-state index contributed by atoms with van der Waals surface area (Å²) in [6.45, 7) is 1.92. The van der Waals surface area contributed by atoms with Crippen LogP contribution in [0, 0.1) is 0 Å². The Morgan fingerprint density at radius 2 is 1.73 bits per heavy atom. The number of hydrogen-bond donors (Lipinski definition) is 0. The van der Waals surface area contributed by atoms with Crippen LogP contribution in [0.15, 0.2) is 47.6 Å². The maximum absolute atomic E-state index is 10.5. The molecule has 0 fully saturated rings. The van der Waals surface area contributed by atoms with Gasteiger partial charge in [-0.2, -0.15) is 0 Å². The molecule has 0 heterocycles. The summed E-state index contributed by atoms with van der Waals surface area (Å²) in [5.41, 5.74) is 1.74. The molecule has 0 atom stereocenters. The molecule has 0 aliphatic heterocycles. The van der Waals surface area contributed by atoms with Crippen molar-refractivity contribution in [3.05, 3.63) is 47.6 Å². The predicted molar refractivity (Wildman–Crippen MR) is 46.2 cm³/mol. The summed E-state index contributed by atoms with van der Waals surface area (Å²) in [4.78, 5) is 10.5. The van der Waals surface area contributed by atoms with Crippen LogP contribution >= 0.6 is 0 Å². The van der Waals surface area contributed by atoms with Gasteiger partial charge in [0.25, 0.3) is 0 Å². The molecule has 0 aromatic heterocycles. The Kier molecular flexibility index (Phi) is 2.61. The molecule has 0 bridgehead atoms. The summed E-state index contributed by atoms with van der Waals surface area (Å²) in [7, 11) is 0. The van der Waals surface area contributed by atoms with Gasteiger partial charge in [-0.1, -0.05) is 36.5 Å². The number of rotatable bonds is 1. The minimum atomic E-state index is 0.741. The lowest BCUT2D eigenvalue weighted by molar-refractivity contribution is -0.104. The van der Waals surface area contributed by atoms with Crippen LogP contribution in [0.25, 0.3) is 0 Å². The average Bonchev–Trinajstić information content (AvgIpc) is 1.98. The van der Waals surface area contributed by atoms with Gasteiger partial charge in [-0.25, -0.2) is 0 Å². The van der Waals surface area contributed by atoms with Crippen LogP contribution in [0.4, 0.5) is 0 Å². The number of allylic oxidation sites excluding steroid dienone is 8. The Bertz CT molecular complexity index is 265. The first-order valence-electron chi connectivity index (χ1n) is 3.52. The second-order valence-corrected chi connectivity index (χ2v) is 2.36. The van der Waals surface area contributed by atoms with Gasteiger partial charge in [0.05, 0.1) is 0 Å². The number of carbonyl (C=O) groups is 1. The Balaban J connectivity index is 3.01. The molecule has 0 N–H and O–H groups in total. The molecule has 11 heavy (non-hydrogen) atoms. The van der Waals surface area contributed by atoms with E-state index in [4.69, 9.17) is 0 Å². The first kappa shape index (κ1) is 7.73. The Hall–Kier alpha value is -1.37. The summed E-state index contributed by atoms with van der Waals surface area (Å²) in [6.07, 6.45) is 12.2. The van der Waals surface area contributed by atoms with Crippen molar-refractivity contribution in [2.45, 2.75) is 6.92 Å². The molecule has 56 valence electrons. The van der Waals surface area contributed by atoms with E-state index in [9.17, 15) is 4.79 Å². The lowest BCUT2D eigenvalue weighted by Crippen LogP contribution is -1.84. The van der Waals surface area contributed by atoms with Crippen LogP contribution in [0.5, 0.6) is 0 Å². The molecular formula is C10H10O. The van der Waals surface area contributed by atoms with Crippen molar-refractivity contribution in [1.29, 1.82) is 0 Å². The Morgan fingerprint density at radius 3 is 2.36 bits per heavy atom. The molecule has 1 rings (SSSR count). The SMILES string of the molecule is CC1=C(C=O)/C=C\C=C/C=C\1. The highest BCUT2D eigenvalue weighted by atomic mass is 16.1. The van der Waals surface area contributed by atoms with Crippen molar-refractivity contribution in [3.8, 4) is 0 Å². The van der Waals surface area contributed by atoms with E-state index in [1.54, 1.807) is 0 Å². The standard InChI is InChI=1S/C10H10O/c1-9-6-4-2-3-5-7-10(9)8-11/h2-8H,1H3/b3-2-,4-2?,5-3?,6-4-,7-5-,9-6?,10-7?,10-9+. The fourth-order valence-corrected chi connectivity index (χ4v) is 0.847. The zero-order chi connectivity index (χ0) is 8.10. The monoisotopic (exact) mass is 146 g/mol. The molecule has 1 aliphatic carbocycles. The molecule has 0 radical (unpaired) electrons. The van der Waals surface area contributed by atoms with E-state index >= 15 is 0 Å². The molecule has 1 nitrogen and oxygen atoms in total. The zero-order valence-corrected chi connectivity index (χ0v) is 6.45. The lowest BCUT2D eigenvalue weighted by Gasteiger charge is -1.96. The van der Waals surface area contributed by atoms with E-state index in [2.05, 4.69) is 0 Å². The van der Waals surface area contributed by atoms with Gasteiger partial charge in [-0.3, -0.25) is 4.79 Å². The van der Waals surface area contributed by atoms with E-state index in [0.717, 1.165) is 17.4 Å². The number of hydrogen-bond acceptors (Lipinski definition) is 1. The van der Waals surface area contributed by atoms with Crippen molar-refractivity contribution in [2.75, 3.05) is 0 Å². The van der Waals surface area contributed by atoms with Gasteiger partial charge < -0.3 is 0 Å². The summed E-state index contributed by atoms with van der Waals surface area (Å²) >= 11 is 0. The highest BCUT2D eigenvalue weighted by Gasteiger charge is 1.93. The number of aldehydes is 1. The van der Waals surface area contributed by atoms with Crippen LogP contribution in [0.1, 0.15) is 6.92 Å². The van der Waals surface area contributed by atoms with Crippen LogP contribution in [-0.4, -0.2) is 6.29 Å². The maximum atomic E-state index is 10.5. The molecule has 1 aliphatic rings. The van der Waals surface area contributed by atoms with Gasteiger partial charge in [0.1, 0.15) is 6.29 Å². The summed E-state index contributed by atoms with van der Waals surface area (Å²) in [5.74, 6) is 0. The van der Waals surface area contributed by atoms with Gasteiger partial charge in [0.15, 0.2) is 0 Å². The largest absolute Gasteiger partial charge is 0.298 e. The Labute approximate surface area is 66.4 Å². The van der Waals surface area contributed by atoms with Crippen molar-refractivity contribution in [1.82, 2.24) is 0 Å². The summed E-state index contributed by atoms with van der Waals surface area (Å²) in [5, 5.41) is 0. The molecule has 0 aromatic carbocycles.